The van der Waals surface area contributed by atoms with Crippen molar-refractivity contribution in [2.24, 2.45) is 4.99 Å². The van der Waals surface area contributed by atoms with Crippen molar-refractivity contribution in [3.63, 3.8) is 0 Å². The lowest BCUT2D eigenvalue weighted by molar-refractivity contribution is -0.113. The Labute approximate surface area is 162 Å². The number of hydrogen-bond donors (Lipinski definition) is 0. The quantitative estimate of drug-likeness (QED) is 0.763. The number of nitrogens with zero attached hydrogens (tertiary/aromatic N) is 5. The Kier molecular flexibility index (Phi) is 5.48. The lowest BCUT2D eigenvalue weighted by atomic mass is 10.1. The van der Waals surface area contributed by atoms with Gasteiger partial charge in [-0.15, -0.1) is 5.10 Å². The SMILES string of the molecule is O=C1N=C(N2CCCCC2)S/C1=C\C=C\c1cn(Cc2ccccc2)nn1. The molecule has 0 spiro atoms. The largest absolute Gasteiger partial charge is 0.351 e. The average molecular weight is 379 g/mol. The molecular weight excluding hydrogens is 358 g/mol. The van der Waals surface area contributed by atoms with E-state index >= 15 is 0 Å². The van der Waals surface area contributed by atoms with Crippen LogP contribution in [0.5, 0.6) is 0 Å². The lowest BCUT2D eigenvalue weighted by Gasteiger charge is -2.27. The van der Waals surface area contributed by atoms with Crippen LogP contribution >= 0.6 is 11.8 Å². The van der Waals surface area contributed by atoms with Crippen LogP contribution in [-0.4, -0.2) is 44.1 Å². The van der Waals surface area contributed by atoms with Gasteiger partial charge in [-0.05, 0) is 48.7 Å². The minimum absolute atomic E-state index is 0.155. The Bertz CT molecular complexity index is 894. The van der Waals surface area contributed by atoms with Gasteiger partial charge in [-0.1, -0.05) is 41.6 Å². The normalized spacial score (nSPS) is 19.3. The molecule has 1 saturated heterocycles. The fraction of sp³-hybridized carbons (Fsp3) is 0.300. The van der Waals surface area contributed by atoms with Crippen molar-refractivity contribution in [3.8, 4) is 0 Å². The van der Waals surface area contributed by atoms with Crippen LogP contribution in [-0.2, 0) is 11.3 Å². The molecule has 138 valence electrons. The van der Waals surface area contributed by atoms with Gasteiger partial charge in [0.1, 0.15) is 5.69 Å². The van der Waals surface area contributed by atoms with Gasteiger partial charge in [0.25, 0.3) is 5.91 Å². The molecule has 2 aromatic rings. The Morgan fingerprint density at radius 3 is 2.74 bits per heavy atom. The standard InChI is InChI=1S/C20H21N5OS/c26-19-18(27-20(21-19)24-12-5-2-6-13-24)11-7-10-17-15-25(23-22-17)14-16-8-3-1-4-9-16/h1,3-4,7-11,15H,2,5-6,12-14H2/b10-7+,18-11-. The number of rotatable bonds is 4. The molecule has 0 atom stereocenters. The zero-order valence-electron chi connectivity index (χ0n) is 15.0. The van der Waals surface area contributed by atoms with Gasteiger partial charge in [0.15, 0.2) is 5.17 Å². The summed E-state index contributed by atoms with van der Waals surface area (Å²) in [5, 5.41) is 9.14. The second-order valence-corrected chi connectivity index (χ2v) is 7.58. The van der Waals surface area contributed by atoms with Crippen LogP contribution < -0.4 is 0 Å². The van der Waals surface area contributed by atoms with Crippen molar-refractivity contribution in [1.29, 1.82) is 0 Å². The molecule has 1 aromatic carbocycles. The highest BCUT2D eigenvalue weighted by molar-refractivity contribution is 8.18. The molecule has 0 radical (unpaired) electrons. The maximum Gasteiger partial charge on any atom is 0.286 e. The first-order chi connectivity index (χ1) is 13.3. The highest BCUT2D eigenvalue weighted by Gasteiger charge is 2.26. The van der Waals surface area contributed by atoms with Gasteiger partial charge in [-0.2, -0.15) is 4.99 Å². The summed E-state index contributed by atoms with van der Waals surface area (Å²) in [6.45, 7) is 2.67. The third-order valence-electron chi connectivity index (χ3n) is 4.49. The molecule has 1 aromatic heterocycles. The van der Waals surface area contributed by atoms with E-state index in [4.69, 9.17) is 0 Å². The molecular formula is C20H21N5OS. The van der Waals surface area contributed by atoms with Crippen molar-refractivity contribution in [2.75, 3.05) is 13.1 Å². The maximum atomic E-state index is 12.1. The second-order valence-electron chi connectivity index (χ2n) is 6.57. The topological polar surface area (TPSA) is 63.4 Å². The summed E-state index contributed by atoms with van der Waals surface area (Å²) in [7, 11) is 0. The highest BCUT2D eigenvalue weighted by atomic mass is 32.2. The van der Waals surface area contributed by atoms with Gasteiger partial charge in [0, 0.05) is 13.1 Å². The number of thioether (sulfide) groups is 1. The van der Waals surface area contributed by atoms with E-state index in [0.29, 0.717) is 11.4 Å². The maximum absolute atomic E-state index is 12.1. The first-order valence-corrected chi connectivity index (χ1v) is 9.98. The van der Waals surface area contributed by atoms with E-state index in [1.807, 2.05) is 42.6 Å². The van der Waals surface area contributed by atoms with Crippen molar-refractivity contribution >= 4 is 28.9 Å². The smallest absolute Gasteiger partial charge is 0.286 e. The van der Waals surface area contributed by atoms with E-state index in [1.165, 1.54) is 36.6 Å². The number of likely N-dealkylation sites (tertiary alicyclic amines) is 1. The number of aliphatic imine (C=N–C) groups is 1. The van der Waals surface area contributed by atoms with Crippen LogP contribution in [0.3, 0.4) is 0 Å². The average Bonchev–Trinajstić information content (AvgIpc) is 3.30. The Morgan fingerprint density at radius 2 is 1.93 bits per heavy atom. The molecule has 0 bridgehead atoms. The lowest BCUT2D eigenvalue weighted by Crippen LogP contribution is -2.33. The summed E-state index contributed by atoms with van der Waals surface area (Å²) in [6, 6.07) is 10.1. The molecule has 0 saturated carbocycles. The number of amidine groups is 1. The predicted molar refractivity (Wildman–Crippen MR) is 108 cm³/mol. The molecule has 1 amide bonds. The molecule has 6 nitrogen and oxygen atoms in total. The van der Waals surface area contributed by atoms with Gasteiger partial charge in [-0.25, -0.2) is 4.68 Å². The van der Waals surface area contributed by atoms with E-state index in [-0.39, 0.29) is 5.91 Å². The Morgan fingerprint density at radius 1 is 1.11 bits per heavy atom. The summed E-state index contributed by atoms with van der Waals surface area (Å²) in [4.78, 5) is 19.2. The molecule has 27 heavy (non-hydrogen) atoms. The minimum atomic E-state index is -0.155. The van der Waals surface area contributed by atoms with Crippen LogP contribution in [0.2, 0.25) is 0 Å². The summed E-state index contributed by atoms with van der Waals surface area (Å²) >= 11 is 1.46. The van der Waals surface area contributed by atoms with Crippen molar-refractivity contribution < 1.29 is 4.79 Å². The molecule has 0 N–H and O–H groups in total. The molecule has 0 unspecified atom stereocenters. The summed E-state index contributed by atoms with van der Waals surface area (Å²) in [5.41, 5.74) is 1.94. The van der Waals surface area contributed by atoms with Crippen molar-refractivity contribution in [2.45, 2.75) is 25.8 Å². The van der Waals surface area contributed by atoms with Crippen LogP contribution in [0.15, 0.2) is 58.6 Å². The second kappa shape index (κ2) is 8.35. The zero-order valence-corrected chi connectivity index (χ0v) is 15.8. The fourth-order valence-corrected chi connectivity index (χ4v) is 4.02. The van der Waals surface area contributed by atoms with Gasteiger partial charge in [0.2, 0.25) is 0 Å². The van der Waals surface area contributed by atoms with E-state index in [0.717, 1.165) is 24.0 Å². The summed E-state index contributed by atoms with van der Waals surface area (Å²) in [6.07, 6.45) is 11.0. The fourth-order valence-electron chi connectivity index (χ4n) is 3.10. The number of hydrogen-bond acceptors (Lipinski definition) is 5. The predicted octanol–water partition coefficient (Wildman–Crippen LogP) is 3.34. The number of amides is 1. The molecule has 4 rings (SSSR count). The van der Waals surface area contributed by atoms with Crippen LogP contribution in [0.4, 0.5) is 0 Å². The number of aromatic nitrogens is 3. The minimum Gasteiger partial charge on any atom is -0.351 e. The Hall–Kier alpha value is -2.67. The zero-order chi connectivity index (χ0) is 18.5. The van der Waals surface area contributed by atoms with Gasteiger partial charge >= 0.3 is 0 Å². The summed E-state index contributed by atoms with van der Waals surface area (Å²) < 4.78 is 1.80. The monoisotopic (exact) mass is 379 g/mol. The highest BCUT2D eigenvalue weighted by Crippen LogP contribution is 2.29. The van der Waals surface area contributed by atoms with Gasteiger partial charge in [-0.3, -0.25) is 4.79 Å². The number of carbonyl (C=O) groups excluding carboxylic acids is 1. The number of allylic oxidation sites excluding steroid dienone is 2. The Balaban J connectivity index is 1.36. The number of carbonyl (C=O) groups is 1. The molecule has 2 aliphatic rings. The third-order valence-corrected chi connectivity index (χ3v) is 5.56. The van der Waals surface area contributed by atoms with Crippen molar-refractivity contribution in [3.05, 3.63) is 64.8 Å². The van der Waals surface area contributed by atoms with Crippen LogP contribution in [0.1, 0.15) is 30.5 Å². The first-order valence-electron chi connectivity index (χ1n) is 9.16. The van der Waals surface area contributed by atoms with E-state index < -0.39 is 0 Å². The molecule has 2 aliphatic heterocycles. The van der Waals surface area contributed by atoms with Crippen LogP contribution in [0, 0.1) is 0 Å². The van der Waals surface area contributed by atoms with Gasteiger partial charge in [0.05, 0.1) is 17.6 Å². The first kappa shape index (κ1) is 17.7. The van der Waals surface area contributed by atoms with E-state index in [9.17, 15) is 4.79 Å². The number of benzene rings is 1. The van der Waals surface area contributed by atoms with Gasteiger partial charge < -0.3 is 4.90 Å². The summed E-state index contributed by atoms with van der Waals surface area (Å²) in [5.74, 6) is -0.155. The number of piperidine rings is 1. The van der Waals surface area contributed by atoms with Crippen LogP contribution in [0.25, 0.3) is 6.08 Å². The molecule has 3 heterocycles. The molecule has 0 aliphatic carbocycles. The van der Waals surface area contributed by atoms with Crippen molar-refractivity contribution in [1.82, 2.24) is 19.9 Å². The molecule has 1 fully saturated rings. The molecule has 7 heteroatoms. The third kappa shape index (κ3) is 4.54. The van der Waals surface area contributed by atoms with E-state index in [2.05, 4.69) is 32.3 Å². The van der Waals surface area contributed by atoms with E-state index in [1.54, 1.807) is 4.68 Å².